The first-order chi connectivity index (χ1) is 7.77. The smallest absolute Gasteiger partial charge is 0.140 e. The lowest BCUT2D eigenvalue weighted by Gasteiger charge is -2.19. The van der Waals surface area contributed by atoms with Crippen LogP contribution in [0.15, 0.2) is 28.9 Å². The van der Waals surface area contributed by atoms with Crippen LogP contribution in [0.25, 0.3) is 0 Å². The first kappa shape index (κ1) is 11.6. The van der Waals surface area contributed by atoms with Gasteiger partial charge in [-0.25, -0.2) is 4.98 Å². The van der Waals surface area contributed by atoms with Gasteiger partial charge in [-0.2, -0.15) is 0 Å². The summed E-state index contributed by atoms with van der Waals surface area (Å²) in [4.78, 5) is 4.35. The van der Waals surface area contributed by atoms with Gasteiger partial charge in [-0.1, -0.05) is 12.2 Å². The highest BCUT2D eigenvalue weighted by Crippen LogP contribution is 2.25. The molecular weight excluding hydrogens is 264 g/mol. The Balaban J connectivity index is 1.94. The van der Waals surface area contributed by atoms with Crippen LogP contribution >= 0.6 is 15.9 Å². The Hall–Kier alpha value is -0.830. The lowest BCUT2D eigenvalue weighted by molar-refractivity contribution is 0.503. The van der Waals surface area contributed by atoms with Crippen molar-refractivity contribution in [1.82, 2.24) is 4.98 Å². The standard InChI is InChI=1S/C13H17BrN2/c1-10-7-8-15-13(12(10)14)16-9-11-5-3-2-4-6-11/h2-3,7-8,11H,4-6,9H2,1H3,(H,15,16). The normalized spacial score (nSPS) is 19.8. The first-order valence-corrected chi connectivity index (χ1v) is 6.56. The Labute approximate surface area is 105 Å². The predicted octanol–water partition coefficient (Wildman–Crippen LogP) is 3.92. The van der Waals surface area contributed by atoms with Crippen molar-refractivity contribution in [2.45, 2.75) is 26.2 Å². The van der Waals surface area contributed by atoms with E-state index in [-0.39, 0.29) is 0 Å². The number of hydrogen-bond acceptors (Lipinski definition) is 2. The largest absolute Gasteiger partial charge is 0.369 e. The van der Waals surface area contributed by atoms with Crippen LogP contribution in [-0.2, 0) is 0 Å². The van der Waals surface area contributed by atoms with E-state index in [1.54, 1.807) is 0 Å². The molecule has 0 saturated heterocycles. The van der Waals surface area contributed by atoms with E-state index in [1.807, 2.05) is 12.3 Å². The summed E-state index contributed by atoms with van der Waals surface area (Å²) in [6, 6.07) is 2.01. The maximum Gasteiger partial charge on any atom is 0.140 e. The van der Waals surface area contributed by atoms with Gasteiger partial charge in [0.15, 0.2) is 0 Å². The molecule has 1 atom stereocenters. The minimum atomic E-state index is 0.749. The summed E-state index contributed by atoms with van der Waals surface area (Å²) in [5.41, 5.74) is 1.22. The van der Waals surface area contributed by atoms with Crippen molar-refractivity contribution < 1.29 is 0 Å². The molecule has 0 aromatic carbocycles. The third kappa shape index (κ3) is 2.85. The molecule has 1 aromatic heterocycles. The van der Waals surface area contributed by atoms with Gasteiger partial charge in [0.25, 0.3) is 0 Å². The summed E-state index contributed by atoms with van der Waals surface area (Å²) >= 11 is 3.57. The summed E-state index contributed by atoms with van der Waals surface area (Å²) in [6.45, 7) is 3.10. The van der Waals surface area contributed by atoms with Crippen molar-refractivity contribution in [3.63, 3.8) is 0 Å². The number of halogens is 1. The van der Waals surface area contributed by atoms with E-state index >= 15 is 0 Å². The van der Waals surface area contributed by atoms with Crippen molar-refractivity contribution in [1.29, 1.82) is 0 Å². The Morgan fingerprint density at radius 1 is 1.50 bits per heavy atom. The van der Waals surface area contributed by atoms with Crippen molar-refractivity contribution in [2.75, 3.05) is 11.9 Å². The Bertz CT molecular complexity index is 388. The van der Waals surface area contributed by atoms with E-state index in [0.29, 0.717) is 0 Å². The van der Waals surface area contributed by atoms with Crippen molar-refractivity contribution >= 4 is 21.7 Å². The lowest BCUT2D eigenvalue weighted by Crippen LogP contribution is -2.16. The molecule has 1 aliphatic carbocycles. The van der Waals surface area contributed by atoms with Crippen LogP contribution in [0.2, 0.25) is 0 Å². The van der Waals surface area contributed by atoms with E-state index in [9.17, 15) is 0 Å². The van der Waals surface area contributed by atoms with Gasteiger partial charge in [-0.3, -0.25) is 0 Å². The molecule has 1 aromatic rings. The second-order valence-corrected chi connectivity index (χ2v) is 5.11. The first-order valence-electron chi connectivity index (χ1n) is 5.77. The highest BCUT2D eigenvalue weighted by molar-refractivity contribution is 9.10. The zero-order chi connectivity index (χ0) is 11.4. The van der Waals surface area contributed by atoms with Crippen molar-refractivity contribution in [2.24, 2.45) is 5.92 Å². The molecule has 0 saturated carbocycles. The molecule has 86 valence electrons. The molecule has 0 spiro atoms. The molecule has 1 N–H and O–H groups in total. The highest BCUT2D eigenvalue weighted by atomic mass is 79.9. The number of hydrogen-bond donors (Lipinski definition) is 1. The monoisotopic (exact) mass is 280 g/mol. The minimum absolute atomic E-state index is 0.749. The van der Waals surface area contributed by atoms with Crippen LogP contribution in [0, 0.1) is 12.8 Å². The van der Waals surface area contributed by atoms with Gasteiger partial charge in [-0.05, 0) is 59.7 Å². The number of aryl methyl sites for hydroxylation is 1. The zero-order valence-electron chi connectivity index (χ0n) is 9.54. The second-order valence-electron chi connectivity index (χ2n) is 4.32. The fraction of sp³-hybridized carbons (Fsp3) is 0.462. The van der Waals surface area contributed by atoms with Gasteiger partial charge < -0.3 is 5.32 Å². The highest BCUT2D eigenvalue weighted by Gasteiger charge is 2.11. The molecule has 2 nitrogen and oxygen atoms in total. The average molecular weight is 281 g/mol. The van der Waals surface area contributed by atoms with Gasteiger partial charge in [0, 0.05) is 12.7 Å². The Kier molecular flexibility index (Phi) is 3.99. The molecule has 3 heteroatoms. The summed E-state index contributed by atoms with van der Waals surface area (Å²) in [7, 11) is 0. The average Bonchev–Trinajstić information content (AvgIpc) is 2.32. The van der Waals surface area contributed by atoms with E-state index in [0.717, 1.165) is 22.8 Å². The van der Waals surface area contributed by atoms with Crippen molar-refractivity contribution in [3.05, 3.63) is 34.5 Å². The molecule has 1 unspecified atom stereocenters. The SMILES string of the molecule is Cc1ccnc(NCC2CC=CCC2)c1Br. The number of anilines is 1. The molecule has 2 rings (SSSR count). The third-order valence-corrected chi connectivity index (χ3v) is 4.02. The predicted molar refractivity (Wildman–Crippen MR) is 71.6 cm³/mol. The van der Waals surface area contributed by atoms with E-state index in [4.69, 9.17) is 0 Å². The molecular formula is C13H17BrN2. The molecule has 0 radical (unpaired) electrons. The van der Waals surface area contributed by atoms with Gasteiger partial charge in [0.05, 0.1) is 4.47 Å². The maximum absolute atomic E-state index is 4.35. The number of nitrogens with zero attached hydrogens (tertiary/aromatic N) is 1. The number of pyridine rings is 1. The molecule has 1 aliphatic rings. The molecule has 16 heavy (non-hydrogen) atoms. The molecule has 0 aliphatic heterocycles. The molecule has 1 heterocycles. The van der Waals surface area contributed by atoms with Crippen LogP contribution in [0.4, 0.5) is 5.82 Å². The van der Waals surface area contributed by atoms with Gasteiger partial charge in [0.2, 0.25) is 0 Å². The van der Waals surface area contributed by atoms with Gasteiger partial charge in [0.1, 0.15) is 5.82 Å². The topological polar surface area (TPSA) is 24.9 Å². The van der Waals surface area contributed by atoms with Crippen LogP contribution in [0.1, 0.15) is 24.8 Å². The van der Waals surface area contributed by atoms with Crippen LogP contribution < -0.4 is 5.32 Å². The zero-order valence-corrected chi connectivity index (χ0v) is 11.1. The third-order valence-electron chi connectivity index (χ3n) is 3.02. The van der Waals surface area contributed by atoms with E-state index in [2.05, 4.69) is 45.3 Å². The van der Waals surface area contributed by atoms with Crippen molar-refractivity contribution in [3.8, 4) is 0 Å². The minimum Gasteiger partial charge on any atom is -0.369 e. The fourth-order valence-electron chi connectivity index (χ4n) is 1.95. The molecule has 0 fully saturated rings. The number of allylic oxidation sites excluding steroid dienone is 2. The second kappa shape index (κ2) is 5.48. The van der Waals surface area contributed by atoms with E-state index in [1.165, 1.54) is 24.8 Å². The Morgan fingerprint density at radius 3 is 3.12 bits per heavy atom. The maximum atomic E-state index is 4.35. The van der Waals surface area contributed by atoms with E-state index < -0.39 is 0 Å². The van der Waals surface area contributed by atoms with Gasteiger partial charge >= 0.3 is 0 Å². The summed E-state index contributed by atoms with van der Waals surface area (Å²) in [6.07, 6.45) is 10.1. The number of aromatic nitrogens is 1. The number of rotatable bonds is 3. The summed E-state index contributed by atoms with van der Waals surface area (Å²) in [5, 5.41) is 3.43. The van der Waals surface area contributed by atoms with Crippen LogP contribution in [0.5, 0.6) is 0 Å². The molecule has 0 bridgehead atoms. The summed E-state index contributed by atoms with van der Waals surface area (Å²) in [5.74, 6) is 1.72. The van der Waals surface area contributed by atoms with Crippen LogP contribution in [-0.4, -0.2) is 11.5 Å². The molecule has 0 amide bonds. The number of nitrogens with one attached hydrogen (secondary N) is 1. The van der Waals surface area contributed by atoms with Crippen LogP contribution in [0.3, 0.4) is 0 Å². The fourth-order valence-corrected chi connectivity index (χ4v) is 2.32. The quantitative estimate of drug-likeness (QED) is 0.849. The Morgan fingerprint density at radius 2 is 2.38 bits per heavy atom. The van der Waals surface area contributed by atoms with Gasteiger partial charge in [-0.15, -0.1) is 0 Å². The lowest BCUT2D eigenvalue weighted by atomic mass is 9.94. The summed E-state index contributed by atoms with van der Waals surface area (Å²) < 4.78 is 1.08.